The summed E-state index contributed by atoms with van der Waals surface area (Å²) >= 11 is 0. The van der Waals surface area contributed by atoms with Gasteiger partial charge in [-0.15, -0.1) is 0 Å². The zero-order valence-corrected chi connectivity index (χ0v) is 4.48. The molecule has 0 aromatic heterocycles. The van der Waals surface area contributed by atoms with Gasteiger partial charge in [-0.2, -0.15) is 0 Å². The SMILES string of the molecule is [2H]N1CC[C@H](C(F)F)C1. The lowest BCUT2D eigenvalue weighted by molar-refractivity contribution is 0.0872. The van der Waals surface area contributed by atoms with Crippen molar-refractivity contribution in [3.8, 4) is 0 Å². The molecule has 1 nitrogen and oxygen atoms in total. The Balaban J connectivity index is 2.30. The van der Waals surface area contributed by atoms with Crippen molar-refractivity contribution in [3.05, 3.63) is 0 Å². The Bertz CT molecular complexity index is 99.0. The zero-order valence-electron chi connectivity index (χ0n) is 5.48. The van der Waals surface area contributed by atoms with Gasteiger partial charge in [0.1, 0.15) is 1.41 Å². The van der Waals surface area contributed by atoms with Crippen molar-refractivity contribution in [2.75, 3.05) is 13.1 Å². The van der Waals surface area contributed by atoms with Crippen molar-refractivity contribution >= 4 is 0 Å². The minimum atomic E-state index is -2.24. The highest BCUT2D eigenvalue weighted by Gasteiger charge is 2.23. The van der Waals surface area contributed by atoms with Crippen LogP contribution >= 0.6 is 0 Å². The number of alkyl halides is 2. The fraction of sp³-hybridized carbons (Fsp3) is 1.00. The van der Waals surface area contributed by atoms with Crippen LogP contribution in [0, 0.1) is 5.92 Å². The van der Waals surface area contributed by atoms with Crippen LogP contribution in [0.15, 0.2) is 0 Å². The van der Waals surface area contributed by atoms with E-state index in [0.29, 0.717) is 13.0 Å². The van der Waals surface area contributed by atoms with Crippen LogP contribution in [-0.4, -0.2) is 19.5 Å². The maximum atomic E-state index is 11.8. The molecular formula is C5H9F2N. The molecule has 1 N–H and O–H groups in total. The van der Waals surface area contributed by atoms with Crippen molar-refractivity contribution < 1.29 is 10.2 Å². The van der Waals surface area contributed by atoms with E-state index in [-0.39, 0.29) is 6.54 Å². The summed E-state index contributed by atoms with van der Waals surface area (Å²) in [5, 5.41) is 1.19. The van der Waals surface area contributed by atoms with Crippen molar-refractivity contribution in [2.24, 2.45) is 5.92 Å². The lowest BCUT2D eigenvalue weighted by Gasteiger charge is -2.03. The van der Waals surface area contributed by atoms with E-state index in [4.69, 9.17) is 1.41 Å². The van der Waals surface area contributed by atoms with E-state index in [2.05, 4.69) is 0 Å². The van der Waals surface area contributed by atoms with Gasteiger partial charge in [-0.1, -0.05) is 0 Å². The van der Waals surface area contributed by atoms with Gasteiger partial charge < -0.3 is 5.31 Å². The third kappa shape index (κ3) is 1.15. The average Bonchev–Trinajstić information content (AvgIpc) is 2.14. The van der Waals surface area contributed by atoms with Crippen molar-refractivity contribution in [2.45, 2.75) is 12.8 Å². The third-order valence-electron chi connectivity index (χ3n) is 1.38. The van der Waals surface area contributed by atoms with Crippen LogP contribution in [0.1, 0.15) is 6.42 Å². The lowest BCUT2D eigenvalue weighted by Crippen LogP contribution is -2.14. The molecule has 8 heavy (non-hydrogen) atoms. The first-order valence-electron chi connectivity index (χ1n) is 3.17. The van der Waals surface area contributed by atoms with Gasteiger partial charge in [0, 0.05) is 12.5 Å². The van der Waals surface area contributed by atoms with Gasteiger partial charge in [-0.25, -0.2) is 8.78 Å². The fourth-order valence-corrected chi connectivity index (χ4v) is 0.811. The summed E-state index contributed by atoms with van der Waals surface area (Å²) in [5.41, 5.74) is 0. The van der Waals surface area contributed by atoms with Crippen LogP contribution in [-0.2, 0) is 0 Å². The molecule has 0 bridgehead atoms. The molecule has 1 heterocycles. The number of hydrogen-bond donors (Lipinski definition) is 1. The first-order valence-corrected chi connectivity index (χ1v) is 2.72. The van der Waals surface area contributed by atoms with Gasteiger partial charge in [0.25, 0.3) is 0 Å². The Morgan fingerprint density at radius 1 is 1.75 bits per heavy atom. The highest BCUT2D eigenvalue weighted by Crippen LogP contribution is 2.15. The van der Waals surface area contributed by atoms with Gasteiger partial charge in [-0.05, 0) is 13.0 Å². The molecule has 1 rings (SSSR count). The molecule has 1 saturated heterocycles. The van der Waals surface area contributed by atoms with Gasteiger partial charge in [0.05, 0.1) is 0 Å². The predicted octanol–water partition coefficient (Wildman–Crippen LogP) is 0.861. The minimum Gasteiger partial charge on any atom is -0.316 e. The van der Waals surface area contributed by atoms with Crippen LogP contribution in [0.5, 0.6) is 0 Å². The number of rotatable bonds is 1. The second kappa shape index (κ2) is 2.40. The summed E-state index contributed by atoms with van der Waals surface area (Å²) in [4.78, 5) is 0. The van der Waals surface area contributed by atoms with Gasteiger partial charge >= 0.3 is 0 Å². The largest absolute Gasteiger partial charge is 0.316 e. The summed E-state index contributed by atoms with van der Waals surface area (Å²) in [6.45, 7) is 0.729. The lowest BCUT2D eigenvalue weighted by atomic mass is 10.1. The summed E-state index contributed by atoms with van der Waals surface area (Å²) in [6, 6.07) is 0. The zero-order chi connectivity index (χ0) is 6.85. The molecule has 0 radical (unpaired) electrons. The molecule has 1 aliphatic heterocycles. The van der Waals surface area contributed by atoms with E-state index >= 15 is 0 Å². The summed E-state index contributed by atoms with van der Waals surface area (Å²) in [6.07, 6.45) is -1.76. The van der Waals surface area contributed by atoms with Gasteiger partial charge in [0.2, 0.25) is 6.43 Å². The quantitative estimate of drug-likeness (QED) is 0.544. The van der Waals surface area contributed by atoms with Crippen molar-refractivity contribution in [1.29, 1.82) is 0 Å². The maximum absolute atomic E-state index is 11.8. The smallest absolute Gasteiger partial charge is 0.242 e. The number of nitrogens with one attached hydrogen (secondary N) is 1. The van der Waals surface area contributed by atoms with Crippen LogP contribution < -0.4 is 5.31 Å². The molecule has 1 aliphatic rings. The molecule has 0 saturated carbocycles. The highest BCUT2D eigenvalue weighted by molar-refractivity contribution is 4.72. The summed E-state index contributed by atoms with van der Waals surface area (Å²) < 4.78 is 30.6. The van der Waals surface area contributed by atoms with E-state index in [1.165, 1.54) is 5.31 Å². The molecule has 0 aromatic rings. The predicted molar refractivity (Wildman–Crippen MR) is 27.0 cm³/mol. The molecule has 48 valence electrons. The summed E-state index contributed by atoms with van der Waals surface area (Å²) in [5.74, 6) is -0.553. The highest BCUT2D eigenvalue weighted by atomic mass is 19.3. The third-order valence-corrected chi connectivity index (χ3v) is 1.38. The molecule has 0 aliphatic carbocycles. The molecule has 1 fully saturated rings. The van der Waals surface area contributed by atoms with E-state index in [1.807, 2.05) is 0 Å². The maximum Gasteiger partial charge on any atom is 0.242 e. The normalized spacial score (nSPS) is 33.9. The fourth-order valence-electron chi connectivity index (χ4n) is 0.811. The standard InChI is InChI=1S/C5H9F2N/c6-5(7)4-1-2-8-3-4/h4-5,8H,1-3H2/t4-/m0/s1/i/hD. The number of halogens is 2. The molecule has 0 spiro atoms. The number of hydrogen-bond acceptors (Lipinski definition) is 1. The topological polar surface area (TPSA) is 12.0 Å². The average molecular weight is 122 g/mol. The minimum absolute atomic E-state index is 0.234. The molecule has 0 aromatic carbocycles. The van der Waals surface area contributed by atoms with Crippen LogP contribution in [0.3, 0.4) is 0 Å². The Hall–Kier alpha value is -0.180. The van der Waals surface area contributed by atoms with Crippen molar-refractivity contribution in [3.63, 3.8) is 0 Å². The Morgan fingerprint density at radius 3 is 2.75 bits per heavy atom. The van der Waals surface area contributed by atoms with E-state index < -0.39 is 12.3 Å². The Morgan fingerprint density at radius 2 is 2.50 bits per heavy atom. The molecule has 0 amide bonds. The van der Waals surface area contributed by atoms with E-state index in [0.717, 1.165) is 0 Å². The molecule has 3 heteroatoms. The van der Waals surface area contributed by atoms with Crippen molar-refractivity contribution in [1.82, 2.24) is 5.31 Å². The second-order valence-corrected chi connectivity index (χ2v) is 2.01. The molecule has 0 unspecified atom stereocenters. The van der Waals surface area contributed by atoms with E-state index in [1.54, 1.807) is 0 Å². The van der Waals surface area contributed by atoms with Crippen LogP contribution in [0.2, 0.25) is 1.41 Å². The second-order valence-electron chi connectivity index (χ2n) is 2.01. The Kier molecular flexibility index (Phi) is 1.40. The summed E-state index contributed by atoms with van der Waals surface area (Å²) in [7, 11) is 0. The van der Waals surface area contributed by atoms with Crippen LogP contribution in [0.4, 0.5) is 8.78 Å². The first-order chi connectivity index (χ1) is 4.20. The molecular weight excluding hydrogens is 112 g/mol. The van der Waals surface area contributed by atoms with Crippen LogP contribution in [0.25, 0.3) is 0 Å². The Labute approximate surface area is 48.5 Å². The monoisotopic (exact) mass is 122 g/mol. The van der Waals surface area contributed by atoms with E-state index in [9.17, 15) is 8.78 Å². The van der Waals surface area contributed by atoms with Gasteiger partial charge in [-0.3, -0.25) is 0 Å². The first kappa shape index (κ1) is 4.68. The van der Waals surface area contributed by atoms with Gasteiger partial charge in [0.15, 0.2) is 0 Å². The molecule has 1 atom stereocenters.